The monoisotopic (exact) mass is 259 g/mol. The lowest BCUT2D eigenvalue weighted by atomic mass is 10.0. The Balaban J connectivity index is 2.55. The summed E-state index contributed by atoms with van der Waals surface area (Å²) in [6, 6.07) is 0. The standard InChI is InChI=1S/C11H21N3S2/c1-5-9-13-10(16-14-9)12-8-11(6-2,7-3)15-4/h5-8H2,1-4H3,(H,12,13,14). The van der Waals surface area contributed by atoms with Crippen LogP contribution in [0.25, 0.3) is 0 Å². The van der Waals surface area contributed by atoms with Crippen molar-refractivity contribution in [3.05, 3.63) is 5.82 Å². The first-order chi connectivity index (χ1) is 7.69. The Morgan fingerprint density at radius 3 is 2.44 bits per heavy atom. The molecular weight excluding hydrogens is 238 g/mol. The van der Waals surface area contributed by atoms with Gasteiger partial charge in [0.1, 0.15) is 5.82 Å². The maximum absolute atomic E-state index is 4.42. The van der Waals surface area contributed by atoms with Gasteiger partial charge in [-0.2, -0.15) is 16.1 Å². The van der Waals surface area contributed by atoms with Gasteiger partial charge in [-0.1, -0.05) is 20.8 Å². The van der Waals surface area contributed by atoms with E-state index >= 15 is 0 Å². The number of rotatable bonds is 7. The van der Waals surface area contributed by atoms with Crippen LogP contribution >= 0.6 is 23.3 Å². The number of aryl methyl sites for hydroxylation is 1. The van der Waals surface area contributed by atoms with Gasteiger partial charge < -0.3 is 5.32 Å². The van der Waals surface area contributed by atoms with E-state index in [0.717, 1.165) is 23.9 Å². The molecule has 1 N–H and O–H groups in total. The molecule has 5 heteroatoms. The number of nitrogens with one attached hydrogen (secondary N) is 1. The molecule has 16 heavy (non-hydrogen) atoms. The molecular formula is C11H21N3S2. The van der Waals surface area contributed by atoms with E-state index in [0.29, 0.717) is 4.75 Å². The third kappa shape index (κ3) is 3.35. The highest BCUT2D eigenvalue weighted by Gasteiger charge is 2.24. The van der Waals surface area contributed by atoms with Crippen molar-refractivity contribution in [2.24, 2.45) is 0 Å². The van der Waals surface area contributed by atoms with Gasteiger partial charge in [-0.15, -0.1) is 0 Å². The second-order valence-electron chi connectivity index (χ2n) is 3.82. The van der Waals surface area contributed by atoms with E-state index in [9.17, 15) is 0 Å². The first kappa shape index (κ1) is 13.8. The molecule has 0 saturated heterocycles. The molecule has 1 aromatic heterocycles. The van der Waals surface area contributed by atoms with E-state index in [1.807, 2.05) is 11.8 Å². The van der Waals surface area contributed by atoms with Crippen LogP contribution in [0.4, 0.5) is 5.13 Å². The Morgan fingerprint density at radius 1 is 1.31 bits per heavy atom. The van der Waals surface area contributed by atoms with Gasteiger partial charge in [-0.25, -0.2) is 4.98 Å². The van der Waals surface area contributed by atoms with Crippen molar-refractivity contribution >= 4 is 28.4 Å². The van der Waals surface area contributed by atoms with Crippen molar-refractivity contribution < 1.29 is 0 Å². The highest BCUT2D eigenvalue weighted by Crippen LogP contribution is 2.30. The van der Waals surface area contributed by atoms with E-state index in [2.05, 4.69) is 41.7 Å². The normalized spacial score (nSPS) is 11.8. The molecule has 0 bridgehead atoms. The van der Waals surface area contributed by atoms with E-state index < -0.39 is 0 Å². The van der Waals surface area contributed by atoms with Gasteiger partial charge in [0.2, 0.25) is 5.13 Å². The summed E-state index contributed by atoms with van der Waals surface area (Å²) < 4.78 is 4.61. The van der Waals surface area contributed by atoms with Crippen molar-refractivity contribution in [2.45, 2.75) is 44.8 Å². The molecule has 1 heterocycles. The zero-order valence-electron chi connectivity index (χ0n) is 10.5. The molecule has 3 nitrogen and oxygen atoms in total. The van der Waals surface area contributed by atoms with Crippen LogP contribution in [-0.2, 0) is 6.42 Å². The van der Waals surface area contributed by atoms with Crippen LogP contribution in [-0.4, -0.2) is 26.9 Å². The van der Waals surface area contributed by atoms with E-state index in [4.69, 9.17) is 0 Å². The molecule has 0 unspecified atom stereocenters. The number of anilines is 1. The Labute approximate surface area is 107 Å². The lowest BCUT2D eigenvalue weighted by Gasteiger charge is -2.29. The predicted octanol–water partition coefficient (Wildman–Crippen LogP) is 3.43. The maximum atomic E-state index is 4.42. The fourth-order valence-corrected chi connectivity index (χ4v) is 3.01. The fourth-order valence-electron chi connectivity index (χ4n) is 1.57. The quantitative estimate of drug-likeness (QED) is 0.814. The first-order valence-electron chi connectivity index (χ1n) is 5.81. The molecule has 0 atom stereocenters. The number of thioether (sulfide) groups is 1. The molecule has 1 aromatic rings. The Hall–Kier alpha value is -0.290. The molecule has 0 aliphatic heterocycles. The predicted molar refractivity (Wildman–Crippen MR) is 74.6 cm³/mol. The molecule has 0 aliphatic rings. The van der Waals surface area contributed by atoms with Crippen molar-refractivity contribution in [1.82, 2.24) is 9.36 Å². The topological polar surface area (TPSA) is 37.8 Å². The zero-order valence-corrected chi connectivity index (χ0v) is 12.2. The Bertz CT molecular complexity index is 300. The average molecular weight is 259 g/mol. The smallest absolute Gasteiger partial charge is 0.202 e. The van der Waals surface area contributed by atoms with Crippen LogP contribution in [0.2, 0.25) is 0 Å². The van der Waals surface area contributed by atoms with Gasteiger partial charge in [-0.05, 0) is 19.1 Å². The summed E-state index contributed by atoms with van der Waals surface area (Å²) >= 11 is 3.41. The maximum Gasteiger partial charge on any atom is 0.202 e. The highest BCUT2D eigenvalue weighted by molar-refractivity contribution is 8.00. The summed E-state index contributed by atoms with van der Waals surface area (Å²) in [4.78, 5) is 4.42. The van der Waals surface area contributed by atoms with Crippen LogP contribution in [0.3, 0.4) is 0 Å². The minimum atomic E-state index is 0.331. The molecule has 92 valence electrons. The van der Waals surface area contributed by atoms with Crippen LogP contribution in [0, 0.1) is 0 Å². The minimum absolute atomic E-state index is 0.331. The molecule has 1 rings (SSSR count). The molecule has 0 radical (unpaired) electrons. The molecule has 0 amide bonds. The number of hydrogen-bond donors (Lipinski definition) is 1. The summed E-state index contributed by atoms with van der Waals surface area (Å²) in [5.74, 6) is 0.940. The minimum Gasteiger partial charge on any atom is -0.359 e. The average Bonchev–Trinajstić information content (AvgIpc) is 2.80. The molecule has 0 spiro atoms. The summed E-state index contributed by atoms with van der Waals surface area (Å²) in [6.07, 6.45) is 5.45. The van der Waals surface area contributed by atoms with Crippen molar-refractivity contribution in [3.8, 4) is 0 Å². The van der Waals surface area contributed by atoms with Gasteiger partial charge in [0.25, 0.3) is 0 Å². The van der Waals surface area contributed by atoms with Gasteiger partial charge in [0.05, 0.1) is 0 Å². The molecule has 0 aliphatic carbocycles. The largest absolute Gasteiger partial charge is 0.359 e. The Morgan fingerprint density at radius 2 is 2.00 bits per heavy atom. The second-order valence-corrected chi connectivity index (χ2v) is 5.84. The van der Waals surface area contributed by atoms with E-state index in [-0.39, 0.29) is 0 Å². The molecule has 0 saturated carbocycles. The van der Waals surface area contributed by atoms with Gasteiger partial charge in [0.15, 0.2) is 0 Å². The Kier molecular flexibility index (Phi) is 5.55. The number of aromatic nitrogens is 2. The van der Waals surface area contributed by atoms with Crippen LogP contribution in [0.5, 0.6) is 0 Å². The molecule has 0 fully saturated rings. The highest BCUT2D eigenvalue weighted by atomic mass is 32.2. The second kappa shape index (κ2) is 6.45. The van der Waals surface area contributed by atoms with Crippen LogP contribution in [0.15, 0.2) is 0 Å². The lowest BCUT2D eigenvalue weighted by molar-refractivity contribution is 0.574. The summed E-state index contributed by atoms with van der Waals surface area (Å²) in [7, 11) is 0. The van der Waals surface area contributed by atoms with E-state index in [1.165, 1.54) is 24.4 Å². The van der Waals surface area contributed by atoms with Gasteiger partial charge in [0, 0.05) is 29.2 Å². The summed E-state index contributed by atoms with van der Waals surface area (Å²) in [5, 5.41) is 4.37. The summed E-state index contributed by atoms with van der Waals surface area (Å²) in [6.45, 7) is 7.55. The first-order valence-corrected chi connectivity index (χ1v) is 7.81. The fraction of sp³-hybridized carbons (Fsp3) is 0.818. The van der Waals surface area contributed by atoms with Crippen molar-refractivity contribution in [2.75, 3.05) is 18.1 Å². The lowest BCUT2D eigenvalue weighted by Crippen LogP contribution is -2.31. The van der Waals surface area contributed by atoms with Crippen LogP contribution < -0.4 is 5.32 Å². The zero-order chi connectivity index (χ0) is 12.0. The van der Waals surface area contributed by atoms with Crippen molar-refractivity contribution in [1.29, 1.82) is 0 Å². The third-order valence-corrected chi connectivity index (χ3v) is 5.37. The van der Waals surface area contributed by atoms with E-state index in [1.54, 1.807) is 0 Å². The van der Waals surface area contributed by atoms with Gasteiger partial charge in [-0.3, -0.25) is 0 Å². The van der Waals surface area contributed by atoms with Crippen molar-refractivity contribution in [3.63, 3.8) is 0 Å². The SMILES string of the molecule is CCc1nsc(NCC(CC)(CC)SC)n1. The number of nitrogens with zero attached hydrogens (tertiary/aromatic N) is 2. The van der Waals surface area contributed by atoms with Crippen LogP contribution in [0.1, 0.15) is 39.4 Å². The number of hydrogen-bond acceptors (Lipinski definition) is 5. The third-order valence-electron chi connectivity index (χ3n) is 3.07. The summed E-state index contributed by atoms with van der Waals surface area (Å²) in [5.41, 5.74) is 0. The van der Waals surface area contributed by atoms with Gasteiger partial charge >= 0.3 is 0 Å². The molecule has 0 aromatic carbocycles.